The van der Waals surface area contributed by atoms with E-state index in [0.29, 0.717) is 18.9 Å². The Labute approximate surface area is 122 Å². The van der Waals surface area contributed by atoms with Gasteiger partial charge >= 0.3 is 5.97 Å². The van der Waals surface area contributed by atoms with Gasteiger partial charge in [-0.15, -0.1) is 0 Å². The standard InChI is InChI=1S/C17H26O3/c1-5-20-17(18)15(11-13(2)3)12-16(19-4)14-9-7-6-8-10-14/h6-10,13,15-16H,5,11-12H2,1-4H3/t15-,16+/m1/s1. The highest BCUT2D eigenvalue weighted by molar-refractivity contribution is 5.72. The highest BCUT2D eigenvalue weighted by Crippen LogP contribution is 2.28. The molecule has 0 aliphatic rings. The average molecular weight is 278 g/mol. The third-order valence-corrected chi connectivity index (χ3v) is 3.33. The topological polar surface area (TPSA) is 35.5 Å². The second kappa shape index (κ2) is 8.75. The summed E-state index contributed by atoms with van der Waals surface area (Å²) in [6.07, 6.45) is 1.42. The third kappa shape index (κ3) is 5.33. The normalized spacial score (nSPS) is 14.1. The number of ether oxygens (including phenoxy) is 2. The van der Waals surface area contributed by atoms with Crippen molar-refractivity contribution in [1.29, 1.82) is 0 Å². The van der Waals surface area contributed by atoms with Crippen molar-refractivity contribution in [3.8, 4) is 0 Å². The van der Waals surface area contributed by atoms with E-state index < -0.39 is 0 Å². The van der Waals surface area contributed by atoms with Crippen molar-refractivity contribution < 1.29 is 14.3 Å². The zero-order chi connectivity index (χ0) is 15.0. The van der Waals surface area contributed by atoms with Gasteiger partial charge in [0.25, 0.3) is 0 Å². The van der Waals surface area contributed by atoms with Crippen molar-refractivity contribution in [1.82, 2.24) is 0 Å². The number of benzene rings is 1. The van der Waals surface area contributed by atoms with Crippen molar-refractivity contribution in [2.75, 3.05) is 13.7 Å². The van der Waals surface area contributed by atoms with Crippen molar-refractivity contribution in [2.45, 2.75) is 39.7 Å². The number of esters is 1. The summed E-state index contributed by atoms with van der Waals surface area (Å²) in [5.74, 6) is 0.233. The molecule has 3 heteroatoms. The third-order valence-electron chi connectivity index (χ3n) is 3.33. The lowest BCUT2D eigenvalue weighted by Gasteiger charge is -2.23. The fourth-order valence-corrected chi connectivity index (χ4v) is 2.41. The molecule has 0 heterocycles. The second-order valence-electron chi connectivity index (χ2n) is 5.45. The smallest absolute Gasteiger partial charge is 0.309 e. The molecule has 3 nitrogen and oxygen atoms in total. The van der Waals surface area contributed by atoms with Crippen LogP contribution in [0.15, 0.2) is 30.3 Å². The number of carbonyl (C=O) groups excluding carboxylic acids is 1. The van der Waals surface area contributed by atoms with Gasteiger partial charge in [-0.2, -0.15) is 0 Å². The minimum Gasteiger partial charge on any atom is -0.466 e. The van der Waals surface area contributed by atoms with Crippen LogP contribution in [0.3, 0.4) is 0 Å². The van der Waals surface area contributed by atoms with E-state index in [-0.39, 0.29) is 18.0 Å². The number of rotatable bonds is 8. The molecule has 0 amide bonds. The summed E-state index contributed by atoms with van der Waals surface area (Å²) >= 11 is 0. The van der Waals surface area contributed by atoms with Crippen LogP contribution in [-0.2, 0) is 14.3 Å². The quantitative estimate of drug-likeness (QED) is 0.674. The first-order valence-corrected chi connectivity index (χ1v) is 7.32. The molecule has 0 aliphatic heterocycles. The van der Waals surface area contributed by atoms with Crippen LogP contribution < -0.4 is 0 Å². The highest BCUT2D eigenvalue weighted by atomic mass is 16.5. The van der Waals surface area contributed by atoms with Gasteiger partial charge in [0.1, 0.15) is 0 Å². The largest absolute Gasteiger partial charge is 0.466 e. The predicted octanol–water partition coefficient (Wildman–Crippen LogP) is 3.99. The summed E-state index contributed by atoms with van der Waals surface area (Å²) in [7, 11) is 1.69. The molecule has 2 atom stereocenters. The molecular formula is C17H26O3. The maximum atomic E-state index is 12.1. The van der Waals surface area contributed by atoms with E-state index >= 15 is 0 Å². The van der Waals surface area contributed by atoms with Gasteiger partial charge in [0.05, 0.1) is 18.6 Å². The number of methoxy groups -OCH3 is 1. The van der Waals surface area contributed by atoms with Crippen LogP contribution in [-0.4, -0.2) is 19.7 Å². The van der Waals surface area contributed by atoms with Crippen LogP contribution >= 0.6 is 0 Å². The lowest BCUT2D eigenvalue weighted by molar-refractivity contribution is -0.150. The van der Waals surface area contributed by atoms with Gasteiger partial charge in [-0.3, -0.25) is 4.79 Å². The summed E-state index contributed by atoms with van der Waals surface area (Å²) in [6, 6.07) is 10.0. The van der Waals surface area contributed by atoms with Crippen molar-refractivity contribution in [3.63, 3.8) is 0 Å². The fourth-order valence-electron chi connectivity index (χ4n) is 2.41. The first kappa shape index (κ1) is 16.7. The molecule has 20 heavy (non-hydrogen) atoms. The van der Waals surface area contributed by atoms with Crippen LogP contribution in [0.25, 0.3) is 0 Å². The highest BCUT2D eigenvalue weighted by Gasteiger charge is 2.25. The van der Waals surface area contributed by atoms with E-state index in [2.05, 4.69) is 13.8 Å². The molecule has 0 aromatic heterocycles. The minimum absolute atomic E-state index is 0.0654. The summed E-state index contributed by atoms with van der Waals surface area (Å²) < 4.78 is 10.8. The molecule has 0 bridgehead atoms. The molecule has 112 valence electrons. The zero-order valence-electron chi connectivity index (χ0n) is 13.0. The number of hydrogen-bond acceptors (Lipinski definition) is 3. The van der Waals surface area contributed by atoms with E-state index in [4.69, 9.17) is 9.47 Å². The summed E-state index contributed by atoms with van der Waals surface area (Å²) in [5.41, 5.74) is 1.10. The van der Waals surface area contributed by atoms with Gasteiger partial charge in [0.2, 0.25) is 0 Å². The van der Waals surface area contributed by atoms with Gasteiger partial charge in [-0.05, 0) is 31.2 Å². The van der Waals surface area contributed by atoms with Crippen LogP contribution in [0, 0.1) is 11.8 Å². The van der Waals surface area contributed by atoms with E-state index in [1.165, 1.54) is 0 Å². The number of hydrogen-bond donors (Lipinski definition) is 0. The van der Waals surface area contributed by atoms with Crippen LogP contribution in [0.1, 0.15) is 45.3 Å². The van der Waals surface area contributed by atoms with Crippen molar-refractivity contribution in [2.24, 2.45) is 11.8 Å². The average Bonchev–Trinajstić information content (AvgIpc) is 2.44. The summed E-state index contributed by atoms with van der Waals surface area (Å²) in [4.78, 5) is 12.1. The molecule has 1 rings (SSSR count). The molecular weight excluding hydrogens is 252 g/mol. The minimum atomic E-state index is -0.112. The first-order valence-electron chi connectivity index (χ1n) is 7.32. The van der Waals surface area contributed by atoms with Gasteiger partial charge in [0, 0.05) is 7.11 Å². The maximum absolute atomic E-state index is 12.1. The molecule has 0 fully saturated rings. The molecule has 0 saturated carbocycles. The molecule has 0 N–H and O–H groups in total. The Balaban J connectivity index is 2.78. The Morgan fingerprint density at radius 3 is 2.30 bits per heavy atom. The Bertz CT molecular complexity index is 386. The van der Waals surface area contributed by atoms with Crippen molar-refractivity contribution in [3.05, 3.63) is 35.9 Å². The lowest BCUT2D eigenvalue weighted by Crippen LogP contribution is -2.22. The van der Waals surface area contributed by atoms with Gasteiger partial charge in [0.15, 0.2) is 0 Å². The SMILES string of the molecule is CCOC(=O)[C@H](CC(C)C)C[C@H](OC)c1ccccc1. The maximum Gasteiger partial charge on any atom is 0.309 e. The van der Waals surface area contributed by atoms with E-state index in [1.54, 1.807) is 7.11 Å². The second-order valence-corrected chi connectivity index (χ2v) is 5.45. The Morgan fingerprint density at radius 1 is 1.15 bits per heavy atom. The monoisotopic (exact) mass is 278 g/mol. The molecule has 1 aromatic rings. The molecule has 0 spiro atoms. The Morgan fingerprint density at radius 2 is 1.80 bits per heavy atom. The summed E-state index contributed by atoms with van der Waals surface area (Å²) in [5, 5.41) is 0. The van der Waals surface area contributed by atoms with Crippen LogP contribution in [0.4, 0.5) is 0 Å². The van der Waals surface area contributed by atoms with Gasteiger partial charge in [-0.25, -0.2) is 0 Å². The lowest BCUT2D eigenvalue weighted by atomic mass is 9.89. The van der Waals surface area contributed by atoms with E-state index in [9.17, 15) is 4.79 Å². The zero-order valence-corrected chi connectivity index (χ0v) is 13.0. The molecule has 0 saturated heterocycles. The Kier molecular flexibility index (Phi) is 7.31. The molecule has 0 radical (unpaired) electrons. The van der Waals surface area contributed by atoms with E-state index in [0.717, 1.165) is 12.0 Å². The van der Waals surface area contributed by atoms with Gasteiger partial charge in [-0.1, -0.05) is 44.2 Å². The molecule has 0 unspecified atom stereocenters. The van der Waals surface area contributed by atoms with Gasteiger partial charge < -0.3 is 9.47 Å². The number of carbonyl (C=O) groups is 1. The fraction of sp³-hybridized carbons (Fsp3) is 0.588. The first-order chi connectivity index (χ1) is 9.58. The van der Waals surface area contributed by atoms with Crippen LogP contribution in [0.2, 0.25) is 0 Å². The Hall–Kier alpha value is -1.35. The van der Waals surface area contributed by atoms with E-state index in [1.807, 2.05) is 37.3 Å². The molecule has 1 aromatic carbocycles. The van der Waals surface area contributed by atoms with Crippen LogP contribution in [0.5, 0.6) is 0 Å². The summed E-state index contributed by atoms with van der Waals surface area (Å²) in [6.45, 7) is 6.51. The predicted molar refractivity (Wildman–Crippen MR) is 80.4 cm³/mol. The molecule has 0 aliphatic carbocycles. The van der Waals surface area contributed by atoms with Crippen molar-refractivity contribution >= 4 is 5.97 Å².